The van der Waals surface area contributed by atoms with Crippen LogP contribution in [-0.2, 0) is 11.3 Å². The number of primary amides is 1. The molecule has 1 saturated carbocycles. The van der Waals surface area contributed by atoms with Crippen LogP contribution in [0.3, 0.4) is 0 Å². The first-order chi connectivity index (χ1) is 10.1. The maximum Gasteiger partial charge on any atom is 0.236 e. The van der Waals surface area contributed by atoms with Crippen molar-refractivity contribution in [2.24, 2.45) is 5.73 Å². The normalized spacial score (nSPS) is 14.2. The molecule has 0 aliphatic heterocycles. The molecular weight excluding hydrogens is 269 g/mol. The van der Waals surface area contributed by atoms with Crippen LogP contribution in [0.2, 0.25) is 0 Å². The zero-order chi connectivity index (χ0) is 15.2. The van der Waals surface area contributed by atoms with Crippen molar-refractivity contribution in [3.05, 3.63) is 29.6 Å². The molecule has 5 heteroatoms. The van der Waals surface area contributed by atoms with Gasteiger partial charge in [-0.1, -0.05) is 13.3 Å². The first-order valence-electron chi connectivity index (χ1n) is 7.65. The van der Waals surface area contributed by atoms with E-state index in [-0.39, 0.29) is 18.3 Å². The summed E-state index contributed by atoms with van der Waals surface area (Å²) in [6.45, 7) is 3.64. The molecule has 0 saturated heterocycles. The Morgan fingerprint density at radius 1 is 1.48 bits per heavy atom. The van der Waals surface area contributed by atoms with Crippen molar-refractivity contribution < 1.29 is 9.18 Å². The molecule has 0 heterocycles. The van der Waals surface area contributed by atoms with Gasteiger partial charge in [-0.25, -0.2) is 4.39 Å². The SMILES string of the molecule is CCCCN(CC(N)=O)c1ccc(F)cc1CNC1CC1. The lowest BCUT2D eigenvalue weighted by Crippen LogP contribution is -2.35. The van der Waals surface area contributed by atoms with Crippen LogP contribution < -0.4 is 16.0 Å². The minimum atomic E-state index is -0.364. The Kier molecular flexibility index (Phi) is 5.56. The summed E-state index contributed by atoms with van der Waals surface area (Å²) in [5.41, 5.74) is 7.13. The average molecular weight is 293 g/mol. The second-order valence-corrected chi connectivity index (χ2v) is 5.67. The summed E-state index contributed by atoms with van der Waals surface area (Å²) in [4.78, 5) is 13.2. The van der Waals surface area contributed by atoms with Gasteiger partial charge in [0.1, 0.15) is 5.82 Å². The highest BCUT2D eigenvalue weighted by Gasteiger charge is 2.21. The summed E-state index contributed by atoms with van der Waals surface area (Å²) < 4.78 is 13.5. The van der Waals surface area contributed by atoms with Crippen LogP contribution in [0.5, 0.6) is 0 Å². The number of nitrogens with zero attached hydrogens (tertiary/aromatic N) is 1. The fourth-order valence-electron chi connectivity index (χ4n) is 2.37. The van der Waals surface area contributed by atoms with E-state index in [1.807, 2.05) is 4.90 Å². The van der Waals surface area contributed by atoms with E-state index >= 15 is 0 Å². The predicted molar refractivity (Wildman–Crippen MR) is 82.6 cm³/mol. The minimum Gasteiger partial charge on any atom is -0.368 e. The average Bonchev–Trinajstić information content (AvgIpc) is 3.25. The molecule has 0 bridgehead atoms. The Morgan fingerprint density at radius 2 is 2.24 bits per heavy atom. The van der Waals surface area contributed by atoms with Gasteiger partial charge in [-0.15, -0.1) is 0 Å². The van der Waals surface area contributed by atoms with Crippen LogP contribution in [0, 0.1) is 5.82 Å². The van der Waals surface area contributed by atoms with E-state index in [9.17, 15) is 9.18 Å². The third-order valence-corrected chi connectivity index (χ3v) is 3.67. The predicted octanol–water partition coefficient (Wildman–Crippen LogP) is 2.17. The van der Waals surface area contributed by atoms with Crippen molar-refractivity contribution in [3.8, 4) is 0 Å². The fraction of sp³-hybridized carbons (Fsp3) is 0.562. The molecule has 1 aliphatic carbocycles. The molecule has 116 valence electrons. The minimum absolute atomic E-state index is 0.169. The maximum absolute atomic E-state index is 13.5. The Labute approximate surface area is 125 Å². The largest absolute Gasteiger partial charge is 0.368 e. The molecule has 0 unspecified atom stereocenters. The van der Waals surface area contributed by atoms with Crippen LogP contribution in [0.1, 0.15) is 38.2 Å². The summed E-state index contributed by atoms with van der Waals surface area (Å²) in [6.07, 6.45) is 4.38. The molecule has 1 aromatic rings. The number of unbranched alkanes of at least 4 members (excludes halogenated alkanes) is 1. The summed E-state index contributed by atoms with van der Waals surface area (Å²) >= 11 is 0. The number of hydrogen-bond acceptors (Lipinski definition) is 3. The lowest BCUT2D eigenvalue weighted by Gasteiger charge is -2.26. The second-order valence-electron chi connectivity index (χ2n) is 5.67. The number of halogens is 1. The van der Waals surface area contributed by atoms with Crippen molar-refractivity contribution >= 4 is 11.6 Å². The summed E-state index contributed by atoms with van der Waals surface area (Å²) in [7, 11) is 0. The van der Waals surface area contributed by atoms with Crippen molar-refractivity contribution in [2.45, 2.75) is 45.2 Å². The van der Waals surface area contributed by atoms with E-state index < -0.39 is 0 Å². The van der Waals surface area contributed by atoms with E-state index in [4.69, 9.17) is 5.73 Å². The van der Waals surface area contributed by atoms with E-state index in [1.165, 1.54) is 18.9 Å². The van der Waals surface area contributed by atoms with Gasteiger partial charge in [0.05, 0.1) is 6.54 Å². The fourth-order valence-corrected chi connectivity index (χ4v) is 2.37. The highest BCUT2D eigenvalue weighted by Crippen LogP contribution is 2.25. The Hall–Kier alpha value is -1.62. The van der Waals surface area contributed by atoms with Crippen LogP contribution in [0.4, 0.5) is 10.1 Å². The molecule has 3 N–H and O–H groups in total. The van der Waals surface area contributed by atoms with Crippen molar-refractivity contribution in [1.82, 2.24) is 5.32 Å². The summed E-state index contributed by atoms with van der Waals surface area (Å²) in [6, 6.07) is 5.29. The molecule has 0 aromatic heterocycles. The van der Waals surface area contributed by atoms with Crippen molar-refractivity contribution in [3.63, 3.8) is 0 Å². The van der Waals surface area contributed by atoms with Crippen LogP contribution >= 0.6 is 0 Å². The number of nitrogens with one attached hydrogen (secondary N) is 1. The molecule has 1 aromatic carbocycles. The van der Waals surface area contributed by atoms with Gasteiger partial charge in [-0.2, -0.15) is 0 Å². The molecule has 21 heavy (non-hydrogen) atoms. The van der Waals surface area contributed by atoms with Crippen LogP contribution in [-0.4, -0.2) is 25.0 Å². The third kappa shape index (κ3) is 5.01. The monoisotopic (exact) mass is 293 g/mol. The number of amides is 1. The molecule has 0 atom stereocenters. The van der Waals surface area contributed by atoms with Crippen LogP contribution in [0.25, 0.3) is 0 Å². The summed E-state index contributed by atoms with van der Waals surface area (Å²) in [5, 5.41) is 3.40. The number of nitrogens with two attached hydrogens (primary N) is 1. The molecule has 0 radical (unpaired) electrons. The van der Waals surface area contributed by atoms with E-state index in [1.54, 1.807) is 12.1 Å². The molecule has 0 spiro atoms. The van der Waals surface area contributed by atoms with E-state index in [2.05, 4.69) is 12.2 Å². The van der Waals surface area contributed by atoms with Crippen LogP contribution in [0.15, 0.2) is 18.2 Å². The maximum atomic E-state index is 13.5. The van der Waals surface area contributed by atoms with Gasteiger partial charge in [0.2, 0.25) is 5.91 Å². The third-order valence-electron chi connectivity index (χ3n) is 3.67. The van der Waals surface area contributed by atoms with Crippen molar-refractivity contribution in [1.29, 1.82) is 0 Å². The smallest absolute Gasteiger partial charge is 0.236 e. The quantitative estimate of drug-likeness (QED) is 0.733. The highest BCUT2D eigenvalue weighted by atomic mass is 19.1. The number of anilines is 1. The second kappa shape index (κ2) is 7.41. The van der Waals surface area contributed by atoms with E-state index in [0.717, 1.165) is 30.6 Å². The number of carbonyl (C=O) groups excluding carboxylic acids is 1. The first-order valence-corrected chi connectivity index (χ1v) is 7.65. The number of hydrogen-bond donors (Lipinski definition) is 2. The highest BCUT2D eigenvalue weighted by molar-refractivity contribution is 5.80. The van der Waals surface area contributed by atoms with Crippen molar-refractivity contribution in [2.75, 3.05) is 18.0 Å². The zero-order valence-corrected chi connectivity index (χ0v) is 12.6. The van der Waals surface area contributed by atoms with Gasteiger partial charge in [0.15, 0.2) is 0 Å². The van der Waals surface area contributed by atoms with Gasteiger partial charge in [0, 0.05) is 24.8 Å². The lowest BCUT2D eigenvalue weighted by atomic mass is 10.1. The molecular formula is C16H24FN3O. The summed E-state index contributed by atoms with van der Waals surface area (Å²) in [5.74, 6) is -0.614. The number of carbonyl (C=O) groups is 1. The standard InChI is InChI=1S/C16H24FN3O/c1-2-3-8-20(11-16(18)21)15-7-4-13(17)9-12(15)10-19-14-5-6-14/h4,7,9,14,19H,2-3,5-6,8,10-11H2,1H3,(H2,18,21). The van der Waals surface area contributed by atoms with E-state index in [0.29, 0.717) is 12.6 Å². The molecule has 4 nitrogen and oxygen atoms in total. The van der Waals surface area contributed by atoms with Gasteiger partial charge in [-0.05, 0) is 43.0 Å². The van der Waals surface area contributed by atoms with Gasteiger partial charge < -0.3 is 16.0 Å². The Morgan fingerprint density at radius 3 is 2.86 bits per heavy atom. The topological polar surface area (TPSA) is 58.4 Å². The van der Waals surface area contributed by atoms with Gasteiger partial charge >= 0.3 is 0 Å². The number of benzene rings is 1. The molecule has 2 rings (SSSR count). The zero-order valence-electron chi connectivity index (χ0n) is 12.6. The molecule has 1 fully saturated rings. The first kappa shape index (κ1) is 15.8. The lowest BCUT2D eigenvalue weighted by molar-refractivity contribution is -0.116. The van der Waals surface area contributed by atoms with Gasteiger partial charge in [0.25, 0.3) is 0 Å². The molecule has 1 amide bonds. The Balaban J connectivity index is 2.16. The number of rotatable bonds is 9. The van der Waals surface area contributed by atoms with Gasteiger partial charge in [-0.3, -0.25) is 4.79 Å². The molecule has 1 aliphatic rings. The Bertz CT molecular complexity index is 488.